The molecule has 1 unspecified atom stereocenters. The lowest BCUT2D eigenvalue weighted by molar-refractivity contribution is -0.116. The molecule has 0 aliphatic heterocycles. The maximum absolute atomic E-state index is 11.8. The highest BCUT2D eigenvalue weighted by Crippen LogP contribution is 2.12. The standard InChI is InChI=1S/C16H27N3O/c1-4-7-13(2)19(3)11-6-10-16(20)18-15-9-5-8-14(17)12-15/h5,8-9,12-13H,4,6-7,10-11,17H2,1-3H3,(H,18,20). The summed E-state index contributed by atoms with van der Waals surface area (Å²) < 4.78 is 0. The maximum atomic E-state index is 11.8. The van der Waals surface area contributed by atoms with Crippen LogP contribution in [0.1, 0.15) is 39.5 Å². The van der Waals surface area contributed by atoms with Crippen molar-refractivity contribution in [2.24, 2.45) is 0 Å². The molecule has 0 spiro atoms. The van der Waals surface area contributed by atoms with E-state index in [2.05, 4.69) is 31.1 Å². The number of nitrogens with two attached hydrogens (primary N) is 1. The number of carbonyl (C=O) groups is 1. The highest BCUT2D eigenvalue weighted by molar-refractivity contribution is 5.91. The number of anilines is 2. The molecule has 112 valence electrons. The van der Waals surface area contributed by atoms with Gasteiger partial charge in [0.25, 0.3) is 0 Å². The quantitative estimate of drug-likeness (QED) is 0.718. The lowest BCUT2D eigenvalue weighted by Gasteiger charge is -2.24. The minimum Gasteiger partial charge on any atom is -0.399 e. The maximum Gasteiger partial charge on any atom is 0.224 e. The predicted octanol–water partition coefficient (Wildman–Crippen LogP) is 3.11. The van der Waals surface area contributed by atoms with Crippen LogP contribution >= 0.6 is 0 Å². The second kappa shape index (κ2) is 8.59. The number of hydrogen-bond acceptors (Lipinski definition) is 3. The Hall–Kier alpha value is -1.55. The van der Waals surface area contributed by atoms with Crippen LogP contribution in [0.3, 0.4) is 0 Å². The van der Waals surface area contributed by atoms with Gasteiger partial charge in [0.1, 0.15) is 0 Å². The number of benzene rings is 1. The van der Waals surface area contributed by atoms with Gasteiger partial charge in [-0.05, 0) is 51.6 Å². The van der Waals surface area contributed by atoms with Crippen LogP contribution in [0.15, 0.2) is 24.3 Å². The van der Waals surface area contributed by atoms with E-state index in [-0.39, 0.29) is 5.91 Å². The number of nitrogens with one attached hydrogen (secondary N) is 1. The van der Waals surface area contributed by atoms with Crippen LogP contribution < -0.4 is 11.1 Å². The summed E-state index contributed by atoms with van der Waals surface area (Å²) >= 11 is 0. The topological polar surface area (TPSA) is 58.4 Å². The molecular weight excluding hydrogens is 250 g/mol. The highest BCUT2D eigenvalue weighted by atomic mass is 16.1. The fourth-order valence-corrected chi connectivity index (χ4v) is 2.19. The smallest absolute Gasteiger partial charge is 0.224 e. The average Bonchev–Trinajstić information content (AvgIpc) is 2.38. The molecule has 0 aliphatic carbocycles. The molecule has 20 heavy (non-hydrogen) atoms. The Morgan fingerprint density at radius 1 is 1.45 bits per heavy atom. The second-order valence-corrected chi connectivity index (χ2v) is 5.40. The lowest BCUT2D eigenvalue weighted by Crippen LogP contribution is -2.30. The van der Waals surface area contributed by atoms with E-state index < -0.39 is 0 Å². The molecule has 4 heteroatoms. The summed E-state index contributed by atoms with van der Waals surface area (Å²) in [7, 11) is 2.12. The van der Waals surface area contributed by atoms with Gasteiger partial charge in [0.05, 0.1) is 0 Å². The Morgan fingerprint density at radius 3 is 2.85 bits per heavy atom. The summed E-state index contributed by atoms with van der Waals surface area (Å²) in [6.45, 7) is 5.38. The van der Waals surface area contributed by atoms with Crippen molar-refractivity contribution in [2.75, 3.05) is 24.6 Å². The SMILES string of the molecule is CCCC(C)N(C)CCCC(=O)Nc1cccc(N)c1. The molecule has 0 saturated carbocycles. The zero-order chi connectivity index (χ0) is 15.0. The molecule has 0 saturated heterocycles. The Labute approximate surface area is 122 Å². The van der Waals surface area contributed by atoms with E-state index in [1.807, 2.05) is 12.1 Å². The number of nitrogens with zero attached hydrogens (tertiary/aromatic N) is 1. The number of rotatable bonds is 8. The van der Waals surface area contributed by atoms with Gasteiger partial charge < -0.3 is 16.0 Å². The van der Waals surface area contributed by atoms with Gasteiger partial charge in [-0.1, -0.05) is 19.4 Å². The monoisotopic (exact) mass is 277 g/mol. The minimum atomic E-state index is 0.0483. The molecule has 1 aromatic rings. The second-order valence-electron chi connectivity index (χ2n) is 5.40. The molecule has 0 bridgehead atoms. The number of amides is 1. The van der Waals surface area contributed by atoms with Crippen molar-refractivity contribution in [3.8, 4) is 0 Å². The van der Waals surface area contributed by atoms with Crippen LogP contribution in [0.4, 0.5) is 11.4 Å². The predicted molar refractivity (Wildman–Crippen MR) is 85.7 cm³/mol. The zero-order valence-corrected chi connectivity index (χ0v) is 12.9. The van der Waals surface area contributed by atoms with Crippen molar-refractivity contribution in [3.63, 3.8) is 0 Å². The van der Waals surface area contributed by atoms with Crippen molar-refractivity contribution in [3.05, 3.63) is 24.3 Å². The van der Waals surface area contributed by atoms with Crippen LogP contribution in [0, 0.1) is 0 Å². The molecule has 1 amide bonds. The zero-order valence-electron chi connectivity index (χ0n) is 12.9. The third-order valence-electron chi connectivity index (χ3n) is 3.54. The summed E-state index contributed by atoms with van der Waals surface area (Å²) in [6.07, 6.45) is 3.81. The van der Waals surface area contributed by atoms with Gasteiger partial charge in [-0.15, -0.1) is 0 Å². The Balaban J connectivity index is 2.26. The van der Waals surface area contributed by atoms with Crippen molar-refractivity contribution in [1.82, 2.24) is 4.90 Å². The Morgan fingerprint density at radius 2 is 2.20 bits per heavy atom. The largest absolute Gasteiger partial charge is 0.399 e. The number of carbonyl (C=O) groups excluding carboxylic acids is 1. The van der Waals surface area contributed by atoms with Gasteiger partial charge in [0, 0.05) is 23.8 Å². The van der Waals surface area contributed by atoms with Gasteiger partial charge in [-0.25, -0.2) is 0 Å². The van der Waals surface area contributed by atoms with Crippen molar-refractivity contribution in [2.45, 2.75) is 45.6 Å². The van der Waals surface area contributed by atoms with E-state index in [0.29, 0.717) is 18.2 Å². The van der Waals surface area contributed by atoms with Crippen LogP contribution in [-0.2, 0) is 4.79 Å². The molecule has 0 fully saturated rings. The molecule has 0 aliphatic rings. The third-order valence-corrected chi connectivity index (χ3v) is 3.54. The average molecular weight is 277 g/mol. The first-order valence-corrected chi connectivity index (χ1v) is 7.38. The van der Waals surface area contributed by atoms with E-state index in [1.54, 1.807) is 12.1 Å². The van der Waals surface area contributed by atoms with Gasteiger partial charge in [-0.3, -0.25) is 4.79 Å². The summed E-state index contributed by atoms with van der Waals surface area (Å²) in [4.78, 5) is 14.1. The van der Waals surface area contributed by atoms with E-state index in [9.17, 15) is 4.79 Å². The van der Waals surface area contributed by atoms with Gasteiger partial charge in [-0.2, -0.15) is 0 Å². The van der Waals surface area contributed by atoms with E-state index >= 15 is 0 Å². The summed E-state index contributed by atoms with van der Waals surface area (Å²) in [5, 5.41) is 2.87. The highest BCUT2D eigenvalue weighted by Gasteiger charge is 2.09. The van der Waals surface area contributed by atoms with Crippen LogP contribution in [0.2, 0.25) is 0 Å². The number of nitrogen functional groups attached to an aromatic ring is 1. The Kier molecular flexibility index (Phi) is 7.09. The molecule has 1 rings (SSSR count). The molecule has 1 atom stereocenters. The Bertz CT molecular complexity index is 420. The summed E-state index contributed by atoms with van der Waals surface area (Å²) in [5.74, 6) is 0.0483. The van der Waals surface area contributed by atoms with Gasteiger partial charge in [0.15, 0.2) is 0 Å². The fraction of sp³-hybridized carbons (Fsp3) is 0.562. The molecule has 0 heterocycles. The molecule has 1 aromatic carbocycles. The summed E-state index contributed by atoms with van der Waals surface area (Å²) in [6, 6.07) is 7.85. The first kappa shape index (κ1) is 16.5. The van der Waals surface area contributed by atoms with E-state index in [4.69, 9.17) is 5.73 Å². The van der Waals surface area contributed by atoms with Crippen molar-refractivity contribution in [1.29, 1.82) is 0 Å². The summed E-state index contributed by atoms with van der Waals surface area (Å²) in [5.41, 5.74) is 7.11. The lowest BCUT2D eigenvalue weighted by atomic mass is 10.1. The molecule has 0 aromatic heterocycles. The van der Waals surface area contributed by atoms with Crippen LogP contribution in [0.5, 0.6) is 0 Å². The van der Waals surface area contributed by atoms with Gasteiger partial charge in [0.2, 0.25) is 5.91 Å². The molecule has 4 nitrogen and oxygen atoms in total. The number of hydrogen-bond donors (Lipinski definition) is 2. The fourth-order valence-electron chi connectivity index (χ4n) is 2.19. The molecule has 3 N–H and O–H groups in total. The van der Waals surface area contributed by atoms with Crippen LogP contribution in [0.25, 0.3) is 0 Å². The molecular formula is C16H27N3O. The van der Waals surface area contributed by atoms with E-state index in [1.165, 1.54) is 12.8 Å². The first-order chi connectivity index (χ1) is 9.52. The minimum absolute atomic E-state index is 0.0483. The molecule has 0 radical (unpaired) electrons. The van der Waals surface area contributed by atoms with Crippen molar-refractivity contribution >= 4 is 17.3 Å². The van der Waals surface area contributed by atoms with E-state index in [0.717, 1.165) is 18.7 Å². The third kappa shape index (κ3) is 6.06. The first-order valence-electron chi connectivity index (χ1n) is 7.38. The van der Waals surface area contributed by atoms with Crippen molar-refractivity contribution < 1.29 is 4.79 Å². The normalized spacial score (nSPS) is 12.4. The van der Waals surface area contributed by atoms with Crippen LogP contribution in [-0.4, -0.2) is 30.4 Å². The van der Waals surface area contributed by atoms with Gasteiger partial charge >= 0.3 is 0 Å².